The summed E-state index contributed by atoms with van der Waals surface area (Å²) >= 11 is 9.13. The fraction of sp³-hybridized carbons (Fsp3) is 0. The van der Waals surface area contributed by atoms with E-state index >= 15 is 0 Å². The fourth-order valence-corrected chi connectivity index (χ4v) is 1.69. The number of benzene rings is 1. The topological polar surface area (TPSA) is 61.6 Å². The molecule has 0 fully saturated rings. The summed E-state index contributed by atoms with van der Waals surface area (Å²) in [4.78, 5) is 7.87. The van der Waals surface area contributed by atoms with Gasteiger partial charge in [-0.2, -0.15) is 5.26 Å². The highest BCUT2D eigenvalue weighted by Gasteiger charge is 2.08. The number of nitrogens with one attached hydrogen (secondary N) is 1. The first kappa shape index (κ1) is 11.8. The van der Waals surface area contributed by atoms with Crippen LogP contribution in [0.1, 0.15) is 5.56 Å². The summed E-state index contributed by atoms with van der Waals surface area (Å²) in [5, 5.41) is 12.3. The lowest BCUT2D eigenvalue weighted by Crippen LogP contribution is -1.98. The van der Waals surface area contributed by atoms with Crippen LogP contribution in [0.15, 0.2) is 35.1 Å². The predicted molar refractivity (Wildman–Crippen MR) is 69.2 cm³/mol. The van der Waals surface area contributed by atoms with Crippen LogP contribution in [-0.2, 0) is 0 Å². The molecule has 1 N–H and O–H groups in total. The maximum absolute atomic E-state index is 8.96. The molecule has 4 nitrogen and oxygen atoms in total. The Morgan fingerprint density at radius 2 is 2.06 bits per heavy atom. The van der Waals surface area contributed by atoms with Gasteiger partial charge in [0.1, 0.15) is 23.4 Å². The normalized spacial score (nSPS) is 9.71. The van der Waals surface area contributed by atoms with Gasteiger partial charge in [-0.15, -0.1) is 0 Å². The molecule has 6 heteroatoms. The molecule has 0 saturated carbocycles. The molecule has 0 unspecified atom stereocenters. The second-order valence-electron chi connectivity index (χ2n) is 3.11. The summed E-state index contributed by atoms with van der Waals surface area (Å²) in [7, 11) is 0. The van der Waals surface area contributed by atoms with Crippen molar-refractivity contribution in [1.29, 1.82) is 5.26 Å². The third-order valence-electron chi connectivity index (χ3n) is 2.05. The molecular weight excluding hydrogens is 304 g/mol. The minimum Gasteiger partial charge on any atom is -0.338 e. The number of halogens is 2. The highest BCUT2D eigenvalue weighted by Crippen LogP contribution is 2.29. The monoisotopic (exact) mass is 308 g/mol. The van der Waals surface area contributed by atoms with Crippen molar-refractivity contribution in [3.05, 3.63) is 45.8 Å². The lowest BCUT2D eigenvalue weighted by molar-refractivity contribution is 1.15. The van der Waals surface area contributed by atoms with Gasteiger partial charge in [-0.3, -0.25) is 0 Å². The molecule has 0 radical (unpaired) electrons. The summed E-state index contributed by atoms with van der Waals surface area (Å²) in [5.41, 5.74) is 1.21. The molecule has 1 aromatic carbocycles. The van der Waals surface area contributed by atoms with Crippen LogP contribution in [0, 0.1) is 11.3 Å². The van der Waals surface area contributed by atoms with Crippen molar-refractivity contribution in [2.75, 3.05) is 5.32 Å². The molecule has 0 aliphatic rings. The summed E-state index contributed by atoms with van der Waals surface area (Å²) in [6.45, 7) is 0. The first-order valence-electron chi connectivity index (χ1n) is 4.64. The Balaban J connectivity index is 2.39. The quantitative estimate of drug-likeness (QED) is 0.862. The number of hydrogen-bond donors (Lipinski definition) is 1. The number of hydrogen-bond acceptors (Lipinski definition) is 4. The van der Waals surface area contributed by atoms with Gasteiger partial charge in [0, 0.05) is 0 Å². The average molecular weight is 310 g/mol. The molecule has 0 bridgehead atoms. The van der Waals surface area contributed by atoms with Crippen LogP contribution in [0.25, 0.3) is 0 Å². The van der Waals surface area contributed by atoms with Gasteiger partial charge >= 0.3 is 0 Å². The van der Waals surface area contributed by atoms with Gasteiger partial charge in [-0.05, 0) is 28.1 Å². The Morgan fingerprint density at radius 1 is 1.29 bits per heavy atom. The SMILES string of the molecule is N#Cc1ccccc1Nc1ncnc(Cl)c1Br. The molecule has 0 aliphatic heterocycles. The van der Waals surface area contributed by atoms with E-state index in [-0.39, 0.29) is 0 Å². The van der Waals surface area contributed by atoms with Crippen molar-refractivity contribution < 1.29 is 0 Å². The number of nitriles is 1. The van der Waals surface area contributed by atoms with Crippen molar-refractivity contribution in [3.63, 3.8) is 0 Å². The molecule has 2 rings (SSSR count). The highest BCUT2D eigenvalue weighted by molar-refractivity contribution is 9.10. The van der Waals surface area contributed by atoms with E-state index in [9.17, 15) is 0 Å². The van der Waals surface area contributed by atoms with Crippen LogP contribution in [0.2, 0.25) is 5.15 Å². The Labute approximate surface area is 111 Å². The third kappa shape index (κ3) is 2.54. The summed E-state index contributed by atoms with van der Waals surface area (Å²) in [6, 6.07) is 9.24. The maximum Gasteiger partial charge on any atom is 0.149 e. The largest absolute Gasteiger partial charge is 0.338 e. The van der Waals surface area contributed by atoms with E-state index in [0.717, 1.165) is 0 Å². The minimum absolute atomic E-state index is 0.317. The van der Waals surface area contributed by atoms with Crippen LogP contribution in [0.3, 0.4) is 0 Å². The van der Waals surface area contributed by atoms with Crippen LogP contribution >= 0.6 is 27.5 Å². The van der Waals surface area contributed by atoms with Crippen LogP contribution in [0.5, 0.6) is 0 Å². The van der Waals surface area contributed by atoms with Crippen LogP contribution in [0.4, 0.5) is 11.5 Å². The van der Waals surface area contributed by atoms with E-state index in [1.165, 1.54) is 6.33 Å². The van der Waals surface area contributed by atoms with Gasteiger partial charge in [0.2, 0.25) is 0 Å². The molecule has 0 spiro atoms. The van der Waals surface area contributed by atoms with Gasteiger partial charge in [0.05, 0.1) is 15.7 Å². The van der Waals surface area contributed by atoms with Gasteiger partial charge in [-0.25, -0.2) is 9.97 Å². The lowest BCUT2D eigenvalue weighted by atomic mass is 10.2. The van der Waals surface area contributed by atoms with Crippen molar-refractivity contribution in [2.24, 2.45) is 0 Å². The fourth-order valence-electron chi connectivity index (χ4n) is 1.25. The molecule has 17 heavy (non-hydrogen) atoms. The zero-order chi connectivity index (χ0) is 12.3. The predicted octanol–water partition coefficient (Wildman–Crippen LogP) is 3.51. The van der Waals surface area contributed by atoms with E-state index in [4.69, 9.17) is 16.9 Å². The average Bonchev–Trinajstić information content (AvgIpc) is 2.35. The molecule has 1 aromatic heterocycles. The second-order valence-corrected chi connectivity index (χ2v) is 4.26. The Hall–Kier alpha value is -1.64. The van der Waals surface area contributed by atoms with Crippen molar-refractivity contribution in [3.8, 4) is 6.07 Å². The highest BCUT2D eigenvalue weighted by atomic mass is 79.9. The Bertz CT molecular complexity index is 594. The number of aromatic nitrogens is 2. The summed E-state index contributed by atoms with van der Waals surface area (Å²) in [6.07, 6.45) is 1.35. The number of para-hydroxylation sites is 1. The van der Waals surface area contributed by atoms with Crippen LogP contribution in [-0.4, -0.2) is 9.97 Å². The van der Waals surface area contributed by atoms with E-state index < -0.39 is 0 Å². The van der Waals surface area contributed by atoms with Crippen LogP contribution < -0.4 is 5.32 Å². The molecule has 0 atom stereocenters. The first-order valence-corrected chi connectivity index (χ1v) is 5.81. The number of rotatable bonds is 2. The van der Waals surface area contributed by atoms with E-state index in [1.807, 2.05) is 6.07 Å². The van der Waals surface area contributed by atoms with E-state index in [1.54, 1.807) is 18.2 Å². The molecule has 1 heterocycles. The summed E-state index contributed by atoms with van der Waals surface area (Å²) in [5.74, 6) is 0.521. The zero-order valence-corrected chi connectivity index (χ0v) is 10.8. The lowest BCUT2D eigenvalue weighted by Gasteiger charge is -2.08. The number of nitrogens with zero attached hydrogens (tertiary/aromatic N) is 3. The smallest absolute Gasteiger partial charge is 0.149 e. The van der Waals surface area contributed by atoms with Gasteiger partial charge in [0.15, 0.2) is 0 Å². The Kier molecular flexibility index (Phi) is 3.57. The minimum atomic E-state index is 0.317. The van der Waals surface area contributed by atoms with Crippen molar-refractivity contribution in [2.45, 2.75) is 0 Å². The molecule has 84 valence electrons. The molecule has 0 amide bonds. The van der Waals surface area contributed by atoms with Crippen molar-refractivity contribution in [1.82, 2.24) is 9.97 Å². The molecule has 0 saturated heterocycles. The first-order chi connectivity index (χ1) is 8.22. The zero-order valence-electron chi connectivity index (χ0n) is 8.48. The van der Waals surface area contributed by atoms with E-state index in [2.05, 4.69) is 37.3 Å². The number of anilines is 2. The van der Waals surface area contributed by atoms with Gasteiger partial charge in [0.25, 0.3) is 0 Å². The second kappa shape index (κ2) is 5.13. The molecule has 0 aliphatic carbocycles. The standard InChI is InChI=1S/C11H6BrClN4/c12-9-10(13)15-6-16-11(9)17-8-4-2-1-3-7(8)5-14/h1-4,6H,(H,15,16,17). The summed E-state index contributed by atoms with van der Waals surface area (Å²) < 4.78 is 0.564. The molecular formula is C11H6BrClN4. The maximum atomic E-state index is 8.96. The third-order valence-corrected chi connectivity index (χ3v) is 3.31. The van der Waals surface area contributed by atoms with Gasteiger partial charge in [-0.1, -0.05) is 23.7 Å². The molecule has 2 aromatic rings. The van der Waals surface area contributed by atoms with E-state index in [0.29, 0.717) is 26.7 Å². The van der Waals surface area contributed by atoms with Gasteiger partial charge < -0.3 is 5.32 Å². The van der Waals surface area contributed by atoms with Crippen molar-refractivity contribution >= 4 is 39.0 Å². The Morgan fingerprint density at radius 3 is 2.82 bits per heavy atom.